The minimum atomic E-state index is -3.64. The fourth-order valence-electron chi connectivity index (χ4n) is 4.42. The molecular formula is C25H33N5O3S. The maximum atomic E-state index is 13.0. The van der Waals surface area contributed by atoms with E-state index in [0.29, 0.717) is 12.1 Å². The molecule has 8 nitrogen and oxygen atoms in total. The Bertz CT molecular complexity index is 1140. The first-order valence-electron chi connectivity index (χ1n) is 11.8. The van der Waals surface area contributed by atoms with Crippen molar-refractivity contribution in [2.24, 2.45) is 10.9 Å². The van der Waals surface area contributed by atoms with Gasteiger partial charge in [0.25, 0.3) is 10.0 Å². The summed E-state index contributed by atoms with van der Waals surface area (Å²) in [5, 5.41) is 3.04. The third kappa shape index (κ3) is 5.26. The predicted molar refractivity (Wildman–Crippen MR) is 135 cm³/mol. The van der Waals surface area contributed by atoms with Crippen molar-refractivity contribution in [2.75, 3.05) is 37.6 Å². The first kappa shape index (κ1) is 24.2. The summed E-state index contributed by atoms with van der Waals surface area (Å²) in [6.45, 7) is 10.2. The number of sulfonamides is 1. The Balaban J connectivity index is 1.36. The lowest BCUT2D eigenvalue weighted by Gasteiger charge is -2.39. The molecule has 2 heterocycles. The molecule has 1 amide bonds. The highest BCUT2D eigenvalue weighted by molar-refractivity contribution is 7.90. The molecule has 34 heavy (non-hydrogen) atoms. The summed E-state index contributed by atoms with van der Waals surface area (Å²) in [6, 6.07) is 16.6. The Morgan fingerprint density at radius 3 is 2.32 bits per heavy atom. The number of benzene rings is 2. The van der Waals surface area contributed by atoms with Crippen molar-refractivity contribution in [2.45, 2.75) is 37.8 Å². The second-order valence-electron chi connectivity index (χ2n) is 9.22. The van der Waals surface area contributed by atoms with Gasteiger partial charge in [-0.2, -0.15) is 0 Å². The van der Waals surface area contributed by atoms with Crippen LogP contribution < -0.4 is 14.9 Å². The molecule has 2 aliphatic rings. The van der Waals surface area contributed by atoms with E-state index in [2.05, 4.69) is 56.0 Å². The number of hydrogen-bond donors (Lipinski definition) is 2. The minimum Gasteiger partial charge on any atom is -0.369 e. The van der Waals surface area contributed by atoms with E-state index in [-0.39, 0.29) is 28.6 Å². The molecule has 0 aromatic heterocycles. The van der Waals surface area contributed by atoms with E-state index < -0.39 is 16.1 Å². The summed E-state index contributed by atoms with van der Waals surface area (Å²) in [5.41, 5.74) is 1.75. The molecule has 1 fully saturated rings. The van der Waals surface area contributed by atoms with Crippen molar-refractivity contribution < 1.29 is 13.2 Å². The maximum absolute atomic E-state index is 13.0. The molecule has 9 heteroatoms. The quantitative estimate of drug-likeness (QED) is 0.629. The van der Waals surface area contributed by atoms with Gasteiger partial charge in [-0.15, -0.1) is 0 Å². The molecule has 0 spiro atoms. The molecule has 2 aromatic carbocycles. The van der Waals surface area contributed by atoms with Crippen LogP contribution in [-0.4, -0.2) is 69.9 Å². The third-order valence-electron chi connectivity index (χ3n) is 6.46. The fraction of sp³-hybridized carbons (Fsp3) is 0.440. The Morgan fingerprint density at radius 1 is 1.00 bits per heavy atom. The Labute approximate surface area is 202 Å². The molecule has 0 radical (unpaired) electrons. The van der Waals surface area contributed by atoms with Crippen molar-refractivity contribution in [3.8, 4) is 0 Å². The molecule has 182 valence electrons. The highest BCUT2D eigenvalue weighted by Crippen LogP contribution is 2.23. The van der Waals surface area contributed by atoms with Gasteiger partial charge in [0, 0.05) is 50.0 Å². The summed E-state index contributed by atoms with van der Waals surface area (Å²) in [5.74, 6) is -0.0510. The number of anilines is 1. The zero-order valence-corrected chi connectivity index (χ0v) is 20.8. The number of amidine groups is 1. The number of fused-ring (bicyclic) bond motifs is 1. The highest BCUT2D eigenvalue weighted by Gasteiger charge is 2.33. The molecule has 0 saturated carbocycles. The van der Waals surface area contributed by atoms with Crippen LogP contribution in [0.3, 0.4) is 0 Å². The van der Waals surface area contributed by atoms with E-state index in [1.807, 2.05) is 19.9 Å². The number of carbonyl (C=O) groups excluding carboxylic acids is 1. The number of nitrogens with zero attached hydrogens (tertiary/aromatic N) is 3. The molecular weight excluding hydrogens is 450 g/mol. The largest absolute Gasteiger partial charge is 0.369 e. The fourth-order valence-corrected chi connectivity index (χ4v) is 5.66. The smallest absolute Gasteiger partial charge is 0.263 e. The first-order valence-corrected chi connectivity index (χ1v) is 13.3. The van der Waals surface area contributed by atoms with Crippen LogP contribution in [0.5, 0.6) is 0 Å². The second-order valence-corrected chi connectivity index (χ2v) is 10.9. The van der Waals surface area contributed by atoms with Gasteiger partial charge in [-0.1, -0.05) is 44.2 Å². The zero-order valence-electron chi connectivity index (χ0n) is 19.9. The SMILES string of the molecule is CC(C)[C@H](N=C1NS(=O)(=O)c2ccccc21)C(=O)NCC(C)N1CCN(c2ccccc2)CC1. The number of piperazine rings is 1. The van der Waals surface area contributed by atoms with Crippen molar-refractivity contribution in [3.05, 3.63) is 60.2 Å². The van der Waals surface area contributed by atoms with Crippen molar-refractivity contribution in [1.29, 1.82) is 0 Å². The van der Waals surface area contributed by atoms with Gasteiger partial charge < -0.3 is 10.2 Å². The van der Waals surface area contributed by atoms with E-state index in [4.69, 9.17) is 0 Å². The van der Waals surface area contributed by atoms with Gasteiger partial charge in [0.2, 0.25) is 5.91 Å². The summed E-state index contributed by atoms with van der Waals surface area (Å²) >= 11 is 0. The van der Waals surface area contributed by atoms with Gasteiger partial charge in [0.05, 0.1) is 4.90 Å². The van der Waals surface area contributed by atoms with Crippen LogP contribution in [0.2, 0.25) is 0 Å². The van der Waals surface area contributed by atoms with Crippen LogP contribution in [0.4, 0.5) is 5.69 Å². The van der Waals surface area contributed by atoms with Gasteiger partial charge >= 0.3 is 0 Å². The van der Waals surface area contributed by atoms with E-state index in [1.165, 1.54) is 5.69 Å². The maximum Gasteiger partial charge on any atom is 0.263 e. The topological polar surface area (TPSA) is 94.1 Å². The van der Waals surface area contributed by atoms with E-state index >= 15 is 0 Å². The molecule has 0 bridgehead atoms. The van der Waals surface area contributed by atoms with E-state index in [0.717, 1.165) is 26.2 Å². The van der Waals surface area contributed by atoms with Crippen LogP contribution in [0.25, 0.3) is 0 Å². The highest BCUT2D eigenvalue weighted by atomic mass is 32.2. The van der Waals surface area contributed by atoms with Crippen molar-refractivity contribution >= 4 is 27.5 Å². The third-order valence-corrected chi connectivity index (χ3v) is 7.86. The molecule has 2 N–H and O–H groups in total. The lowest BCUT2D eigenvalue weighted by Crippen LogP contribution is -2.53. The molecule has 0 aliphatic carbocycles. The van der Waals surface area contributed by atoms with Gasteiger partial charge in [-0.25, -0.2) is 8.42 Å². The number of amides is 1. The van der Waals surface area contributed by atoms with Crippen LogP contribution in [0, 0.1) is 5.92 Å². The lowest BCUT2D eigenvalue weighted by atomic mass is 10.0. The molecule has 2 aliphatic heterocycles. The normalized spacial score (nSPS) is 20.6. The summed E-state index contributed by atoms with van der Waals surface area (Å²) < 4.78 is 27.3. The Hall–Kier alpha value is -2.91. The molecule has 4 rings (SSSR count). The van der Waals surface area contributed by atoms with Crippen LogP contribution in [0.1, 0.15) is 26.3 Å². The summed E-state index contributed by atoms with van der Waals surface area (Å²) in [4.78, 5) is 22.6. The molecule has 1 saturated heterocycles. The molecule has 2 atom stereocenters. The zero-order chi connectivity index (χ0) is 24.3. The average molecular weight is 484 g/mol. The predicted octanol–water partition coefficient (Wildman–Crippen LogP) is 2.08. The van der Waals surface area contributed by atoms with Crippen LogP contribution >= 0.6 is 0 Å². The monoisotopic (exact) mass is 483 g/mol. The van der Waals surface area contributed by atoms with E-state index in [9.17, 15) is 13.2 Å². The minimum absolute atomic E-state index is 0.0884. The van der Waals surface area contributed by atoms with E-state index in [1.54, 1.807) is 24.3 Å². The number of aliphatic imine (C=N–C) groups is 1. The first-order chi connectivity index (χ1) is 16.3. The number of rotatable bonds is 7. The van der Waals surface area contributed by atoms with Crippen LogP contribution in [0.15, 0.2) is 64.5 Å². The standard InChI is InChI=1S/C25H33N5O3S/c1-18(2)23(27-24-21-11-7-8-12-22(21)34(32,33)28-24)25(31)26-17-19(3)29-13-15-30(16-14-29)20-9-5-4-6-10-20/h4-12,18-19,23H,13-17H2,1-3H3,(H,26,31)(H,27,28)/t19?,23-/m0/s1. The molecule has 2 aromatic rings. The number of hydrogen-bond acceptors (Lipinski definition) is 6. The molecule has 1 unspecified atom stereocenters. The van der Waals surface area contributed by atoms with Gasteiger partial charge in [-0.3, -0.25) is 19.4 Å². The number of nitrogens with one attached hydrogen (secondary N) is 2. The van der Waals surface area contributed by atoms with Gasteiger partial charge in [0.1, 0.15) is 11.9 Å². The Morgan fingerprint density at radius 2 is 1.65 bits per heavy atom. The van der Waals surface area contributed by atoms with Gasteiger partial charge in [-0.05, 0) is 37.1 Å². The lowest BCUT2D eigenvalue weighted by molar-refractivity contribution is -0.123. The number of carbonyl (C=O) groups is 1. The number of para-hydroxylation sites is 1. The second kappa shape index (κ2) is 10.1. The summed E-state index contributed by atoms with van der Waals surface area (Å²) in [6.07, 6.45) is 0. The average Bonchev–Trinajstić information content (AvgIpc) is 3.11. The van der Waals surface area contributed by atoms with Crippen molar-refractivity contribution in [1.82, 2.24) is 14.9 Å². The summed E-state index contributed by atoms with van der Waals surface area (Å²) in [7, 11) is -3.64. The van der Waals surface area contributed by atoms with Crippen LogP contribution in [-0.2, 0) is 14.8 Å². The van der Waals surface area contributed by atoms with Crippen molar-refractivity contribution in [3.63, 3.8) is 0 Å². The Kier molecular flexibility index (Phi) is 7.23. The van der Waals surface area contributed by atoms with Gasteiger partial charge in [0.15, 0.2) is 0 Å².